The molecule has 0 fully saturated rings. The summed E-state index contributed by atoms with van der Waals surface area (Å²) < 4.78 is 0. The SMILES string of the molecule is CCNC(=O)C(Cc1ccccc1)N(Cc1ccccc1)C(=O)CSCc1ccc(Cl)cc1Cl. The summed E-state index contributed by atoms with van der Waals surface area (Å²) in [5.41, 5.74) is 2.90. The van der Waals surface area contributed by atoms with E-state index in [0.717, 1.165) is 16.7 Å². The molecular weight excluding hydrogens is 487 g/mol. The van der Waals surface area contributed by atoms with Crippen molar-refractivity contribution < 1.29 is 9.59 Å². The summed E-state index contributed by atoms with van der Waals surface area (Å²) in [7, 11) is 0. The second kappa shape index (κ2) is 13.4. The van der Waals surface area contributed by atoms with Crippen LogP contribution in [0.5, 0.6) is 0 Å². The summed E-state index contributed by atoms with van der Waals surface area (Å²) in [6.07, 6.45) is 0.443. The second-order valence-corrected chi connectivity index (χ2v) is 9.67. The lowest BCUT2D eigenvalue weighted by Gasteiger charge is -2.31. The Labute approximate surface area is 215 Å². The number of rotatable bonds is 11. The Hall–Kier alpha value is -2.47. The Balaban J connectivity index is 1.80. The molecule has 7 heteroatoms. The van der Waals surface area contributed by atoms with Gasteiger partial charge in [-0.1, -0.05) is 89.9 Å². The highest BCUT2D eigenvalue weighted by molar-refractivity contribution is 7.99. The monoisotopic (exact) mass is 514 g/mol. The molecule has 0 heterocycles. The van der Waals surface area contributed by atoms with Gasteiger partial charge in [-0.25, -0.2) is 0 Å². The van der Waals surface area contributed by atoms with Crippen LogP contribution in [0.1, 0.15) is 23.6 Å². The van der Waals surface area contributed by atoms with Gasteiger partial charge in [0.25, 0.3) is 0 Å². The predicted molar refractivity (Wildman–Crippen MR) is 142 cm³/mol. The lowest BCUT2D eigenvalue weighted by atomic mass is 10.0. The quantitative estimate of drug-likeness (QED) is 0.341. The molecule has 178 valence electrons. The number of benzene rings is 3. The van der Waals surface area contributed by atoms with Crippen molar-refractivity contribution in [2.45, 2.75) is 31.7 Å². The smallest absolute Gasteiger partial charge is 0.243 e. The molecule has 0 bridgehead atoms. The van der Waals surface area contributed by atoms with Crippen molar-refractivity contribution in [3.63, 3.8) is 0 Å². The van der Waals surface area contributed by atoms with E-state index in [9.17, 15) is 9.59 Å². The summed E-state index contributed by atoms with van der Waals surface area (Å²) in [4.78, 5) is 28.3. The van der Waals surface area contributed by atoms with Crippen LogP contribution in [-0.2, 0) is 28.3 Å². The van der Waals surface area contributed by atoms with E-state index in [0.29, 0.717) is 35.3 Å². The van der Waals surface area contributed by atoms with Gasteiger partial charge in [-0.15, -0.1) is 11.8 Å². The first-order chi connectivity index (χ1) is 16.5. The number of nitrogens with one attached hydrogen (secondary N) is 1. The lowest BCUT2D eigenvalue weighted by molar-refractivity contribution is -0.139. The number of amides is 2. The highest BCUT2D eigenvalue weighted by Crippen LogP contribution is 2.25. The highest BCUT2D eigenvalue weighted by atomic mass is 35.5. The summed E-state index contributed by atoms with van der Waals surface area (Å²) >= 11 is 13.7. The van der Waals surface area contributed by atoms with Crippen LogP contribution in [0.25, 0.3) is 0 Å². The minimum absolute atomic E-state index is 0.0916. The first-order valence-electron chi connectivity index (χ1n) is 11.1. The Morgan fingerprint density at radius 1 is 0.941 bits per heavy atom. The van der Waals surface area contributed by atoms with Crippen molar-refractivity contribution in [3.8, 4) is 0 Å². The first-order valence-corrected chi connectivity index (χ1v) is 13.1. The Morgan fingerprint density at radius 2 is 1.59 bits per heavy atom. The minimum atomic E-state index is -0.616. The van der Waals surface area contributed by atoms with E-state index in [1.54, 1.807) is 17.0 Å². The Morgan fingerprint density at radius 3 is 2.21 bits per heavy atom. The van der Waals surface area contributed by atoms with Crippen LogP contribution in [0.3, 0.4) is 0 Å². The van der Waals surface area contributed by atoms with Crippen LogP contribution in [-0.4, -0.2) is 35.1 Å². The van der Waals surface area contributed by atoms with E-state index in [1.165, 1.54) is 11.8 Å². The molecule has 0 aromatic heterocycles. The number of hydrogen-bond donors (Lipinski definition) is 1. The fourth-order valence-corrected chi connectivity index (χ4v) is 5.06. The van der Waals surface area contributed by atoms with Gasteiger partial charge in [0, 0.05) is 35.3 Å². The number of carbonyl (C=O) groups is 2. The third kappa shape index (κ3) is 7.79. The molecule has 4 nitrogen and oxygen atoms in total. The Bertz CT molecular complexity index is 1080. The molecule has 3 rings (SSSR count). The van der Waals surface area contributed by atoms with E-state index in [4.69, 9.17) is 23.2 Å². The largest absolute Gasteiger partial charge is 0.355 e. The van der Waals surface area contributed by atoms with Crippen molar-refractivity contribution in [3.05, 3.63) is 106 Å². The zero-order valence-corrected chi connectivity index (χ0v) is 21.4. The number of hydrogen-bond acceptors (Lipinski definition) is 3. The fraction of sp³-hybridized carbons (Fsp3) is 0.259. The van der Waals surface area contributed by atoms with Crippen LogP contribution in [0, 0.1) is 0 Å². The topological polar surface area (TPSA) is 49.4 Å². The molecule has 0 radical (unpaired) electrons. The van der Waals surface area contributed by atoms with Crippen molar-refractivity contribution in [1.82, 2.24) is 10.2 Å². The summed E-state index contributed by atoms with van der Waals surface area (Å²) in [6, 6.07) is 24.3. The standard InChI is InChI=1S/C27H28Cl2N2O2S/c1-2-30-27(33)25(15-20-9-5-3-6-10-20)31(17-21-11-7-4-8-12-21)26(32)19-34-18-22-13-14-23(28)16-24(22)29/h3-14,16,25H,2,15,17-19H2,1H3,(H,30,33). The van der Waals surface area contributed by atoms with Gasteiger partial charge in [-0.2, -0.15) is 0 Å². The Kier molecular flexibility index (Phi) is 10.3. The third-order valence-corrected chi connectivity index (χ3v) is 6.87. The number of nitrogens with zero attached hydrogens (tertiary/aromatic N) is 1. The molecule has 1 N–H and O–H groups in total. The normalized spacial score (nSPS) is 11.6. The van der Waals surface area contributed by atoms with E-state index in [1.807, 2.05) is 73.7 Å². The van der Waals surface area contributed by atoms with Gasteiger partial charge in [-0.3, -0.25) is 9.59 Å². The third-order valence-electron chi connectivity index (χ3n) is 5.32. The molecule has 3 aromatic carbocycles. The van der Waals surface area contributed by atoms with Gasteiger partial charge < -0.3 is 10.2 Å². The molecule has 0 aliphatic rings. The molecule has 2 amide bonds. The van der Waals surface area contributed by atoms with Gasteiger partial charge in [-0.05, 0) is 35.7 Å². The van der Waals surface area contributed by atoms with Gasteiger partial charge in [0.15, 0.2) is 0 Å². The number of halogens is 2. The maximum Gasteiger partial charge on any atom is 0.243 e. The molecule has 34 heavy (non-hydrogen) atoms. The minimum Gasteiger partial charge on any atom is -0.355 e. The van der Waals surface area contributed by atoms with E-state index >= 15 is 0 Å². The maximum atomic E-state index is 13.5. The predicted octanol–water partition coefficient (Wildman–Crippen LogP) is 6.00. The zero-order chi connectivity index (χ0) is 24.3. The van der Waals surface area contributed by atoms with E-state index in [2.05, 4.69) is 5.32 Å². The average Bonchev–Trinajstić information content (AvgIpc) is 2.84. The molecular formula is C27H28Cl2N2O2S. The van der Waals surface area contributed by atoms with Gasteiger partial charge in [0.1, 0.15) is 6.04 Å². The molecule has 0 aliphatic heterocycles. The molecule has 0 spiro atoms. The van der Waals surface area contributed by atoms with Crippen LogP contribution < -0.4 is 5.32 Å². The molecule has 0 saturated carbocycles. The first kappa shape index (κ1) is 26.1. The number of thioether (sulfide) groups is 1. The van der Waals surface area contributed by atoms with Crippen molar-refractivity contribution in [1.29, 1.82) is 0 Å². The van der Waals surface area contributed by atoms with E-state index in [-0.39, 0.29) is 17.6 Å². The number of carbonyl (C=O) groups excluding carboxylic acids is 2. The molecule has 3 aromatic rings. The van der Waals surface area contributed by atoms with Gasteiger partial charge in [0.2, 0.25) is 11.8 Å². The van der Waals surface area contributed by atoms with Crippen LogP contribution in [0.2, 0.25) is 10.0 Å². The van der Waals surface area contributed by atoms with Crippen molar-refractivity contribution in [2.24, 2.45) is 0 Å². The van der Waals surface area contributed by atoms with Crippen molar-refractivity contribution in [2.75, 3.05) is 12.3 Å². The second-order valence-electron chi connectivity index (χ2n) is 7.84. The summed E-state index contributed by atoms with van der Waals surface area (Å²) in [6.45, 7) is 2.74. The van der Waals surface area contributed by atoms with Crippen LogP contribution >= 0.6 is 35.0 Å². The van der Waals surface area contributed by atoms with Crippen LogP contribution in [0.4, 0.5) is 0 Å². The van der Waals surface area contributed by atoms with Gasteiger partial charge in [0.05, 0.1) is 5.75 Å². The highest BCUT2D eigenvalue weighted by Gasteiger charge is 2.30. The number of likely N-dealkylation sites (N-methyl/N-ethyl adjacent to an activating group) is 1. The summed E-state index contributed by atoms with van der Waals surface area (Å²) in [5.74, 6) is 0.564. The molecule has 0 saturated heterocycles. The average molecular weight is 516 g/mol. The van der Waals surface area contributed by atoms with Crippen LogP contribution in [0.15, 0.2) is 78.9 Å². The van der Waals surface area contributed by atoms with Crippen molar-refractivity contribution >= 4 is 46.8 Å². The molecule has 1 unspecified atom stereocenters. The molecule has 1 atom stereocenters. The summed E-state index contributed by atoms with van der Waals surface area (Å²) in [5, 5.41) is 4.07. The fourth-order valence-electron chi connectivity index (χ4n) is 3.60. The lowest BCUT2D eigenvalue weighted by Crippen LogP contribution is -2.51. The van der Waals surface area contributed by atoms with E-state index < -0.39 is 6.04 Å². The molecule has 0 aliphatic carbocycles. The zero-order valence-electron chi connectivity index (χ0n) is 19.0. The van der Waals surface area contributed by atoms with Gasteiger partial charge >= 0.3 is 0 Å². The maximum absolute atomic E-state index is 13.5.